The summed E-state index contributed by atoms with van der Waals surface area (Å²) in [5, 5.41) is 41.7. The van der Waals surface area contributed by atoms with Crippen LogP contribution in [0.1, 0.15) is 105 Å². The van der Waals surface area contributed by atoms with Gasteiger partial charge in [-0.05, 0) is 69.4 Å². The number of unbranched alkanes of at least 4 members (excludes halogenated alkanes) is 1. The van der Waals surface area contributed by atoms with Gasteiger partial charge in [0.25, 0.3) is 0 Å². The van der Waals surface area contributed by atoms with Crippen LogP contribution in [-0.2, 0) is 33.3 Å². The average molecular weight is 809 g/mol. The molecule has 0 unspecified atom stereocenters. The summed E-state index contributed by atoms with van der Waals surface area (Å²) < 4.78 is 31.7. The number of aliphatic carboxylic acids is 1. The van der Waals surface area contributed by atoms with Crippen molar-refractivity contribution in [1.29, 1.82) is 0 Å². The molecular formula is C47H68O11. The maximum Gasteiger partial charge on any atom is 0.310 e. The smallest absolute Gasteiger partial charge is 0.310 e. The second kappa shape index (κ2) is 23.0. The van der Waals surface area contributed by atoms with Gasteiger partial charge in [-0.3, -0.25) is 9.59 Å². The molecule has 0 aromatic rings. The van der Waals surface area contributed by atoms with Crippen LogP contribution in [0.3, 0.4) is 0 Å². The molecule has 58 heavy (non-hydrogen) atoms. The Balaban J connectivity index is 1.27. The molecule has 3 fully saturated rings. The third kappa shape index (κ3) is 13.7. The fourth-order valence-corrected chi connectivity index (χ4v) is 8.60. The van der Waals surface area contributed by atoms with Crippen LogP contribution < -0.4 is 0 Å². The lowest BCUT2D eigenvalue weighted by molar-refractivity contribution is -0.175. The summed E-state index contributed by atoms with van der Waals surface area (Å²) in [7, 11) is 0. The molecule has 6 heterocycles. The maximum atomic E-state index is 13.0. The van der Waals surface area contributed by atoms with Crippen molar-refractivity contribution in [3.05, 3.63) is 84.6 Å². The Morgan fingerprint density at radius 1 is 0.759 bits per heavy atom. The number of carboxylic acids is 1. The van der Waals surface area contributed by atoms with E-state index in [-0.39, 0.29) is 79.6 Å². The van der Waals surface area contributed by atoms with Crippen LogP contribution in [0.15, 0.2) is 84.6 Å². The molecule has 6 rings (SSSR count). The van der Waals surface area contributed by atoms with Crippen LogP contribution >= 0.6 is 0 Å². The first-order chi connectivity index (χ1) is 27.9. The average Bonchev–Trinajstić information content (AvgIpc) is 3.54. The van der Waals surface area contributed by atoms with Gasteiger partial charge < -0.3 is 44.1 Å². The zero-order valence-corrected chi connectivity index (χ0v) is 34.8. The van der Waals surface area contributed by atoms with E-state index >= 15 is 0 Å². The molecule has 0 aliphatic carbocycles. The minimum Gasteiger partial charge on any atom is -0.481 e. The van der Waals surface area contributed by atoms with E-state index in [2.05, 4.69) is 38.2 Å². The van der Waals surface area contributed by atoms with Gasteiger partial charge >= 0.3 is 11.9 Å². The topological polar surface area (TPSA) is 161 Å². The molecule has 6 aliphatic heterocycles. The summed E-state index contributed by atoms with van der Waals surface area (Å²) in [6.07, 6.45) is 26.8. The van der Waals surface area contributed by atoms with Crippen LogP contribution in [0.25, 0.3) is 0 Å². The van der Waals surface area contributed by atoms with Crippen LogP contribution in [0, 0.1) is 17.8 Å². The highest BCUT2D eigenvalue weighted by molar-refractivity contribution is 5.71. The molecule has 15 atom stereocenters. The first-order valence-electron chi connectivity index (χ1n) is 21.6. The molecule has 11 nitrogen and oxygen atoms in total. The molecule has 0 amide bonds. The molecule has 4 N–H and O–H groups in total. The summed E-state index contributed by atoms with van der Waals surface area (Å²) >= 11 is 0. The predicted octanol–water partition coefficient (Wildman–Crippen LogP) is 7.02. The summed E-state index contributed by atoms with van der Waals surface area (Å²) in [5.74, 6) is -0.903. The number of ether oxygens (including phenoxy) is 5. The molecule has 7 bridgehead atoms. The number of esters is 1. The second-order valence-electron chi connectivity index (χ2n) is 16.9. The Kier molecular flexibility index (Phi) is 18.2. The Hall–Kier alpha value is -3.16. The molecule has 0 aromatic heterocycles. The lowest BCUT2D eigenvalue weighted by atomic mass is 9.85. The molecule has 11 heteroatoms. The quantitative estimate of drug-likeness (QED) is 0.119. The molecule has 0 saturated carbocycles. The van der Waals surface area contributed by atoms with E-state index in [0.717, 1.165) is 31.3 Å². The molecular weight excluding hydrogens is 741 g/mol. The summed E-state index contributed by atoms with van der Waals surface area (Å²) in [6, 6.07) is 0. The van der Waals surface area contributed by atoms with Crippen molar-refractivity contribution < 1.29 is 53.7 Å². The number of aliphatic hydroxyl groups is 3. The van der Waals surface area contributed by atoms with E-state index in [0.29, 0.717) is 32.1 Å². The van der Waals surface area contributed by atoms with Crippen LogP contribution in [-0.4, -0.2) is 106 Å². The van der Waals surface area contributed by atoms with Gasteiger partial charge in [0.1, 0.15) is 24.4 Å². The van der Waals surface area contributed by atoms with Crippen molar-refractivity contribution in [3.8, 4) is 0 Å². The monoisotopic (exact) mass is 808 g/mol. The van der Waals surface area contributed by atoms with E-state index in [1.165, 1.54) is 0 Å². The third-order valence-corrected chi connectivity index (χ3v) is 12.2. The van der Waals surface area contributed by atoms with Gasteiger partial charge in [0.15, 0.2) is 0 Å². The Morgan fingerprint density at radius 2 is 1.52 bits per heavy atom. The summed E-state index contributed by atoms with van der Waals surface area (Å²) in [5.41, 5.74) is 0.963. The highest BCUT2D eigenvalue weighted by Crippen LogP contribution is 2.39. The van der Waals surface area contributed by atoms with Crippen molar-refractivity contribution in [3.63, 3.8) is 0 Å². The van der Waals surface area contributed by atoms with Gasteiger partial charge in [-0.2, -0.15) is 0 Å². The Bertz CT molecular complexity index is 1530. The predicted molar refractivity (Wildman–Crippen MR) is 222 cm³/mol. The van der Waals surface area contributed by atoms with E-state index in [9.17, 15) is 24.9 Å². The number of carbonyl (C=O) groups excluding carboxylic acids is 1. The maximum absolute atomic E-state index is 13.0. The van der Waals surface area contributed by atoms with Gasteiger partial charge in [-0.1, -0.05) is 100 Å². The first kappa shape index (κ1) is 45.9. The minimum atomic E-state index is -1.18. The van der Waals surface area contributed by atoms with Gasteiger partial charge in [0.05, 0.1) is 55.3 Å². The van der Waals surface area contributed by atoms with E-state index in [1.54, 1.807) is 12.2 Å². The van der Waals surface area contributed by atoms with Crippen molar-refractivity contribution in [2.45, 2.75) is 178 Å². The molecule has 6 aliphatic rings. The number of fused-ring (bicyclic) bond motifs is 14. The number of hydrogen-bond donors (Lipinski definition) is 4. The summed E-state index contributed by atoms with van der Waals surface area (Å²) in [4.78, 5) is 24.0. The van der Waals surface area contributed by atoms with E-state index in [1.807, 2.05) is 56.4 Å². The standard InChI is InChI=1S/C47H68O11/c1-30(17-14-15-23-44(50)51)27-31(2)47-40-26-25-34(54-47)18-10-6-5-7-11-19-35(48)46(53)43-28-36(49)32(3)37(56-43)21-16-22-38-33(4)41-29-42(55-38)39(57-41)20-12-8-9-13-24-45(52)58-40/h6,8-13,16,19,22,25-27,30,32-43,46-49,53H,5,7,14-15,17-18,20-21,23-24,28-29H2,1-4H3,(H,50,51)/b10-6+,12-8+,13-9+,19-11+,22-16+,31-27+/t30-,32-,33+,34+,35+,36+,37-,38+,39-,40-,41-,42-,43-,46+,47+/m1/s1. The van der Waals surface area contributed by atoms with Gasteiger partial charge in [0, 0.05) is 31.1 Å². The third-order valence-electron chi connectivity index (χ3n) is 12.2. The number of hydrogen-bond acceptors (Lipinski definition) is 10. The number of aliphatic hydroxyl groups excluding tert-OH is 3. The van der Waals surface area contributed by atoms with Crippen molar-refractivity contribution in [1.82, 2.24) is 0 Å². The van der Waals surface area contributed by atoms with Crippen LogP contribution in [0.2, 0.25) is 0 Å². The van der Waals surface area contributed by atoms with Crippen LogP contribution in [0.5, 0.6) is 0 Å². The zero-order chi connectivity index (χ0) is 41.6. The van der Waals surface area contributed by atoms with Crippen molar-refractivity contribution >= 4 is 11.9 Å². The van der Waals surface area contributed by atoms with Gasteiger partial charge in [-0.25, -0.2) is 0 Å². The SMILES string of the molecule is C/C(=C\[C@H](C)CCCCC(=O)O)[C@@H]1O[C@@H]2C=C[C@H]1OC(=O)C/C=C/C=C/C[C@H]1O[C@@H]3C[C@H]1O[C@@H](/C=C/C[C@H]1O[C@H](C[C@H](O)[C@H]1C)[C@@H](O)[C@@H](O)/C=C/CC/C=C/C2)[C@@H]3C. The molecule has 0 spiro atoms. The number of allylic oxidation sites excluding steroid dienone is 5. The molecule has 0 aromatic carbocycles. The summed E-state index contributed by atoms with van der Waals surface area (Å²) in [6.45, 7) is 8.20. The Morgan fingerprint density at radius 3 is 2.33 bits per heavy atom. The Labute approximate surface area is 345 Å². The lowest BCUT2D eigenvalue weighted by Gasteiger charge is -2.40. The van der Waals surface area contributed by atoms with E-state index in [4.69, 9.17) is 28.8 Å². The van der Waals surface area contributed by atoms with Crippen molar-refractivity contribution in [2.75, 3.05) is 0 Å². The van der Waals surface area contributed by atoms with E-state index < -0.39 is 42.6 Å². The molecule has 322 valence electrons. The van der Waals surface area contributed by atoms with Crippen molar-refractivity contribution in [2.24, 2.45) is 17.8 Å². The molecule has 3 saturated heterocycles. The fraction of sp³-hybridized carbons (Fsp3) is 0.660. The van der Waals surface area contributed by atoms with Gasteiger partial charge in [-0.15, -0.1) is 0 Å². The molecule has 0 radical (unpaired) electrons. The highest BCUT2D eigenvalue weighted by Gasteiger charge is 2.46. The number of rotatable bonds is 7. The first-order valence-corrected chi connectivity index (χ1v) is 21.6. The number of carbonyl (C=O) groups is 2. The second-order valence-corrected chi connectivity index (χ2v) is 16.9. The lowest BCUT2D eigenvalue weighted by Crippen LogP contribution is -2.50. The minimum absolute atomic E-state index is 0.0311. The largest absolute Gasteiger partial charge is 0.481 e. The highest BCUT2D eigenvalue weighted by atomic mass is 16.6. The fourth-order valence-electron chi connectivity index (χ4n) is 8.60. The number of carboxylic acid groups (broad SMARTS) is 1. The normalized spacial score (nSPS) is 41.4. The van der Waals surface area contributed by atoms with Crippen LogP contribution in [0.4, 0.5) is 0 Å². The zero-order valence-electron chi connectivity index (χ0n) is 34.8. The van der Waals surface area contributed by atoms with Gasteiger partial charge in [0.2, 0.25) is 0 Å².